The lowest BCUT2D eigenvalue weighted by atomic mass is 10.0. The number of aryl methyl sites for hydroxylation is 1. The number of amides is 1. The summed E-state index contributed by atoms with van der Waals surface area (Å²) < 4.78 is 4.07. The van der Waals surface area contributed by atoms with Crippen LogP contribution in [0.3, 0.4) is 0 Å². The second-order valence-corrected chi connectivity index (χ2v) is 9.30. The Morgan fingerprint density at radius 3 is 2.59 bits per heavy atom. The molecule has 2 aromatic carbocycles. The largest absolute Gasteiger partial charge is 0.369 e. The molecule has 1 aliphatic heterocycles. The smallest absolute Gasteiger partial charge is 0.256 e. The number of hydrogen-bond donors (Lipinski definition) is 1. The van der Waals surface area contributed by atoms with Gasteiger partial charge in [0.05, 0.1) is 6.20 Å². The fourth-order valence-corrected chi connectivity index (χ4v) is 4.36. The first-order chi connectivity index (χ1) is 15.5. The Morgan fingerprint density at radius 1 is 0.969 bits per heavy atom. The minimum absolute atomic E-state index is 0.158. The number of anilines is 2. The first kappa shape index (κ1) is 20.9. The molecule has 8 heteroatoms. The summed E-state index contributed by atoms with van der Waals surface area (Å²) in [5.41, 5.74) is 3.84. The van der Waals surface area contributed by atoms with E-state index in [9.17, 15) is 4.79 Å². The van der Waals surface area contributed by atoms with Gasteiger partial charge in [0.15, 0.2) is 0 Å². The number of rotatable bonds is 4. The summed E-state index contributed by atoms with van der Waals surface area (Å²) in [6.45, 7) is 3.94. The first-order valence-electron chi connectivity index (χ1n) is 10.5. The summed E-state index contributed by atoms with van der Waals surface area (Å²) in [5, 5.41) is 9.24. The van der Waals surface area contributed by atoms with E-state index in [0.29, 0.717) is 11.4 Å². The molecule has 3 heterocycles. The van der Waals surface area contributed by atoms with Gasteiger partial charge in [-0.3, -0.25) is 9.48 Å². The number of hydrogen-bond acceptors (Lipinski definition) is 5. The standard InChI is InChI=1S/C24H23IN6O/c1-29-16-21(15-27-29)17-5-6-19-14-26-23(13-20(19)11-17)28-24(32)18-3-2-4-22(12-18)30-7-9-31(25)10-8-30/h2-6,11-16H,7-10H2,1H3,(H,26,28,32). The predicted octanol–water partition coefficient (Wildman–Crippen LogP) is 4.36. The third kappa shape index (κ3) is 4.46. The summed E-state index contributed by atoms with van der Waals surface area (Å²) >= 11 is 2.36. The molecule has 162 valence electrons. The van der Waals surface area contributed by atoms with Gasteiger partial charge in [-0.05, 0) is 41.3 Å². The van der Waals surface area contributed by atoms with Gasteiger partial charge < -0.3 is 10.2 Å². The third-order valence-corrected chi connectivity index (χ3v) is 6.66. The molecule has 5 rings (SSSR count). The SMILES string of the molecule is Cn1cc(-c2ccc3cnc(NC(=O)c4cccc(N5CCN(I)CC5)c4)cc3c2)cn1. The topological polar surface area (TPSA) is 66.3 Å². The lowest BCUT2D eigenvalue weighted by molar-refractivity contribution is 0.102. The van der Waals surface area contributed by atoms with E-state index in [2.05, 4.69) is 64.5 Å². The molecule has 32 heavy (non-hydrogen) atoms. The molecule has 4 aromatic rings. The van der Waals surface area contributed by atoms with Gasteiger partial charge in [-0.1, -0.05) is 18.2 Å². The van der Waals surface area contributed by atoms with E-state index >= 15 is 0 Å². The number of fused-ring (bicyclic) bond motifs is 1. The summed E-state index contributed by atoms with van der Waals surface area (Å²) in [5.74, 6) is 0.379. The molecule has 0 radical (unpaired) electrons. The van der Waals surface area contributed by atoms with Gasteiger partial charge in [0, 0.05) is 90.7 Å². The second-order valence-electron chi connectivity index (χ2n) is 7.94. The van der Waals surface area contributed by atoms with Crippen molar-refractivity contribution in [2.75, 3.05) is 36.4 Å². The van der Waals surface area contributed by atoms with Crippen molar-refractivity contribution < 1.29 is 4.79 Å². The summed E-state index contributed by atoms with van der Waals surface area (Å²) in [4.78, 5) is 19.7. The Labute approximate surface area is 200 Å². The van der Waals surface area contributed by atoms with E-state index in [-0.39, 0.29) is 5.91 Å². The number of halogens is 1. The molecular weight excluding hydrogens is 515 g/mol. The van der Waals surface area contributed by atoms with Crippen LogP contribution >= 0.6 is 22.9 Å². The number of aromatic nitrogens is 3. The molecule has 0 aliphatic carbocycles. The van der Waals surface area contributed by atoms with E-state index < -0.39 is 0 Å². The fourth-order valence-electron chi connectivity index (χ4n) is 3.93. The minimum atomic E-state index is -0.158. The Hall–Kier alpha value is -2.98. The zero-order valence-corrected chi connectivity index (χ0v) is 19.9. The lowest BCUT2D eigenvalue weighted by Gasteiger charge is -2.33. The van der Waals surface area contributed by atoms with Gasteiger partial charge in [-0.25, -0.2) is 8.10 Å². The van der Waals surface area contributed by atoms with Gasteiger partial charge in [0.2, 0.25) is 0 Å². The Kier molecular flexibility index (Phi) is 5.79. The highest BCUT2D eigenvalue weighted by Crippen LogP contribution is 2.26. The first-order valence-corrected chi connectivity index (χ1v) is 11.5. The van der Waals surface area contributed by atoms with Crippen molar-refractivity contribution >= 4 is 51.0 Å². The van der Waals surface area contributed by atoms with Crippen LogP contribution < -0.4 is 10.2 Å². The number of nitrogens with one attached hydrogen (secondary N) is 1. The van der Waals surface area contributed by atoms with E-state index in [1.807, 2.05) is 49.8 Å². The third-order valence-electron chi connectivity index (χ3n) is 5.70. The molecule has 1 amide bonds. The van der Waals surface area contributed by atoms with E-state index in [4.69, 9.17) is 0 Å². The van der Waals surface area contributed by atoms with Gasteiger partial charge in [-0.15, -0.1) is 0 Å². The van der Waals surface area contributed by atoms with Crippen molar-refractivity contribution in [3.63, 3.8) is 0 Å². The highest BCUT2D eigenvalue weighted by molar-refractivity contribution is 14.1. The van der Waals surface area contributed by atoms with Crippen LogP contribution in [0.15, 0.2) is 67.1 Å². The van der Waals surface area contributed by atoms with Crippen LogP contribution in [-0.2, 0) is 7.05 Å². The van der Waals surface area contributed by atoms with Gasteiger partial charge in [0.1, 0.15) is 5.82 Å². The van der Waals surface area contributed by atoms with E-state index in [1.165, 1.54) is 0 Å². The Bertz CT molecular complexity index is 1280. The average molecular weight is 538 g/mol. The van der Waals surface area contributed by atoms with Crippen LogP contribution in [0, 0.1) is 0 Å². The van der Waals surface area contributed by atoms with Gasteiger partial charge in [-0.2, -0.15) is 5.10 Å². The zero-order chi connectivity index (χ0) is 22.1. The predicted molar refractivity (Wildman–Crippen MR) is 136 cm³/mol. The highest BCUT2D eigenvalue weighted by atomic mass is 127. The maximum absolute atomic E-state index is 12.9. The van der Waals surface area contributed by atoms with Crippen molar-refractivity contribution in [3.05, 3.63) is 72.7 Å². The molecule has 0 bridgehead atoms. The highest BCUT2D eigenvalue weighted by Gasteiger charge is 2.17. The normalized spacial score (nSPS) is 14.6. The van der Waals surface area contributed by atoms with Gasteiger partial charge >= 0.3 is 0 Å². The number of carbonyl (C=O) groups excluding carboxylic acids is 1. The van der Waals surface area contributed by atoms with Crippen LogP contribution in [0.25, 0.3) is 21.9 Å². The molecule has 1 N–H and O–H groups in total. The molecular formula is C24H23IN6O. The maximum atomic E-state index is 12.9. The number of nitrogens with zero attached hydrogens (tertiary/aromatic N) is 5. The molecule has 0 spiro atoms. The molecule has 1 saturated heterocycles. The number of piperazine rings is 1. The van der Waals surface area contributed by atoms with Crippen LogP contribution in [0.5, 0.6) is 0 Å². The van der Waals surface area contributed by atoms with E-state index in [1.54, 1.807) is 10.9 Å². The van der Waals surface area contributed by atoms with Crippen LogP contribution in [0.4, 0.5) is 11.5 Å². The quantitative estimate of drug-likeness (QED) is 0.309. The number of benzene rings is 2. The maximum Gasteiger partial charge on any atom is 0.256 e. The monoisotopic (exact) mass is 538 g/mol. The molecule has 1 fully saturated rings. The van der Waals surface area contributed by atoms with E-state index in [0.717, 1.165) is 53.8 Å². The number of carbonyl (C=O) groups is 1. The molecule has 7 nitrogen and oxygen atoms in total. The second kappa shape index (κ2) is 8.87. The Morgan fingerprint density at radius 2 is 1.81 bits per heavy atom. The van der Waals surface area contributed by atoms with Crippen molar-refractivity contribution in [3.8, 4) is 11.1 Å². The van der Waals surface area contributed by atoms with Crippen LogP contribution in [0.2, 0.25) is 0 Å². The molecule has 0 unspecified atom stereocenters. The summed E-state index contributed by atoms with van der Waals surface area (Å²) in [6, 6.07) is 15.9. The average Bonchev–Trinajstić information content (AvgIpc) is 3.25. The number of pyridine rings is 1. The molecule has 0 atom stereocenters. The van der Waals surface area contributed by atoms with Crippen LogP contribution in [0.1, 0.15) is 10.4 Å². The van der Waals surface area contributed by atoms with Crippen molar-refractivity contribution in [2.24, 2.45) is 7.05 Å². The summed E-state index contributed by atoms with van der Waals surface area (Å²) in [7, 11) is 1.90. The van der Waals surface area contributed by atoms with Gasteiger partial charge in [0.25, 0.3) is 5.91 Å². The fraction of sp³-hybridized carbons (Fsp3) is 0.208. The molecule has 0 saturated carbocycles. The molecule has 2 aromatic heterocycles. The molecule has 1 aliphatic rings. The van der Waals surface area contributed by atoms with Crippen molar-refractivity contribution in [1.29, 1.82) is 0 Å². The van der Waals surface area contributed by atoms with Crippen molar-refractivity contribution in [2.45, 2.75) is 0 Å². The zero-order valence-electron chi connectivity index (χ0n) is 17.7. The van der Waals surface area contributed by atoms with Crippen LogP contribution in [-0.4, -0.2) is 50.0 Å². The summed E-state index contributed by atoms with van der Waals surface area (Å²) in [6.07, 6.45) is 5.62. The Balaban J connectivity index is 1.36. The minimum Gasteiger partial charge on any atom is -0.369 e. The lowest BCUT2D eigenvalue weighted by Crippen LogP contribution is -2.42. The van der Waals surface area contributed by atoms with Crippen molar-refractivity contribution in [1.82, 2.24) is 17.9 Å².